The number of thiophene rings is 1. The Morgan fingerprint density at radius 2 is 1.52 bits per heavy atom. The first-order valence-corrected chi connectivity index (χ1v) is 8.45. The molecular formula is C20H19NOS. The van der Waals surface area contributed by atoms with Gasteiger partial charge in [0, 0.05) is 11.3 Å². The summed E-state index contributed by atoms with van der Waals surface area (Å²) in [5.41, 5.74) is 6.40. The van der Waals surface area contributed by atoms with Gasteiger partial charge in [-0.05, 0) is 61.0 Å². The van der Waals surface area contributed by atoms with Gasteiger partial charge in [0.05, 0.1) is 4.88 Å². The molecule has 0 aliphatic heterocycles. The van der Waals surface area contributed by atoms with Gasteiger partial charge in [0.2, 0.25) is 0 Å². The molecule has 1 N–H and O–H groups in total. The zero-order valence-electron chi connectivity index (χ0n) is 13.5. The van der Waals surface area contributed by atoms with Gasteiger partial charge >= 0.3 is 0 Å². The first-order chi connectivity index (χ1) is 11.0. The Morgan fingerprint density at radius 1 is 0.870 bits per heavy atom. The number of rotatable bonds is 3. The maximum absolute atomic E-state index is 12.7. The van der Waals surface area contributed by atoms with Crippen molar-refractivity contribution in [3.8, 4) is 11.1 Å². The number of amides is 1. The Bertz CT molecular complexity index is 826. The van der Waals surface area contributed by atoms with Crippen LogP contribution in [0.2, 0.25) is 0 Å². The van der Waals surface area contributed by atoms with Crippen LogP contribution in [0.1, 0.15) is 26.4 Å². The van der Waals surface area contributed by atoms with Gasteiger partial charge in [-0.2, -0.15) is 0 Å². The monoisotopic (exact) mass is 321 g/mol. The van der Waals surface area contributed by atoms with Crippen molar-refractivity contribution in [2.45, 2.75) is 20.8 Å². The predicted molar refractivity (Wildman–Crippen MR) is 98.4 cm³/mol. The predicted octanol–water partition coefficient (Wildman–Crippen LogP) is 5.59. The molecule has 3 heteroatoms. The normalized spacial score (nSPS) is 10.6. The minimum Gasteiger partial charge on any atom is -0.321 e. The first-order valence-electron chi connectivity index (χ1n) is 7.57. The van der Waals surface area contributed by atoms with Gasteiger partial charge in [-0.15, -0.1) is 11.3 Å². The summed E-state index contributed by atoms with van der Waals surface area (Å²) in [5.74, 6) is -0.0550. The Hall–Kier alpha value is -2.39. The van der Waals surface area contributed by atoms with Crippen LogP contribution in [0.4, 0.5) is 5.69 Å². The Labute approximate surface area is 140 Å². The van der Waals surface area contributed by atoms with Gasteiger partial charge in [0.1, 0.15) is 0 Å². The van der Waals surface area contributed by atoms with Gasteiger partial charge < -0.3 is 5.32 Å². The second-order valence-electron chi connectivity index (χ2n) is 5.86. The molecule has 1 heterocycles. The highest BCUT2D eigenvalue weighted by molar-refractivity contribution is 7.12. The number of carbonyl (C=O) groups is 1. The fourth-order valence-electron chi connectivity index (χ4n) is 2.68. The minimum absolute atomic E-state index is 0.0550. The van der Waals surface area contributed by atoms with Crippen molar-refractivity contribution in [2.24, 2.45) is 0 Å². The highest BCUT2D eigenvalue weighted by atomic mass is 32.1. The van der Waals surface area contributed by atoms with E-state index in [4.69, 9.17) is 0 Å². The van der Waals surface area contributed by atoms with Crippen LogP contribution in [-0.4, -0.2) is 5.91 Å². The summed E-state index contributed by atoms with van der Waals surface area (Å²) in [4.78, 5) is 13.4. The molecule has 0 aliphatic rings. The topological polar surface area (TPSA) is 29.1 Å². The molecule has 0 atom stereocenters. The summed E-state index contributed by atoms with van der Waals surface area (Å²) in [6.07, 6.45) is 0. The molecule has 116 valence electrons. The van der Waals surface area contributed by atoms with Crippen molar-refractivity contribution >= 4 is 22.9 Å². The van der Waals surface area contributed by atoms with Gasteiger partial charge in [-0.25, -0.2) is 0 Å². The van der Waals surface area contributed by atoms with Crippen LogP contribution in [-0.2, 0) is 0 Å². The average molecular weight is 321 g/mol. The number of hydrogen-bond acceptors (Lipinski definition) is 2. The fourth-order valence-corrected chi connectivity index (χ4v) is 3.49. The lowest BCUT2D eigenvalue weighted by atomic mass is 10.0. The molecule has 2 aromatic carbocycles. The third-order valence-corrected chi connectivity index (χ3v) is 4.63. The average Bonchev–Trinajstić information content (AvgIpc) is 2.96. The number of benzene rings is 2. The highest BCUT2D eigenvalue weighted by Gasteiger charge is 2.15. The minimum atomic E-state index is -0.0550. The highest BCUT2D eigenvalue weighted by Crippen LogP contribution is 2.29. The molecule has 3 rings (SSSR count). The molecule has 3 aromatic rings. The van der Waals surface area contributed by atoms with E-state index in [0.717, 1.165) is 32.8 Å². The summed E-state index contributed by atoms with van der Waals surface area (Å²) in [6, 6.07) is 16.3. The maximum atomic E-state index is 12.7. The first kappa shape index (κ1) is 15.5. The summed E-state index contributed by atoms with van der Waals surface area (Å²) in [7, 11) is 0. The number of anilines is 1. The molecule has 0 aliphatic carbocycles. The molecule has 0 saturated carbocycles. The molecule has 0 bridgehead atoms. The van der Waals surface area contributed by atoms with E-state index >= 15 is 0 Å². The molecule has 2 nitrogen and oxygen atoms in total. The summed E-state index contributed by atoms with van der Waals surface area (Å²) >= 11 is 1.47. The largest absolute Gasteiger partial charge is 0.321 e. The van der Waals surface area contributed by atoms with Crippen LogP contribution < -0.4 is 5.32 Å². The number of carbonyl (C=O) groups excluding carboxylic acids is 1. The third-order valence-electron chi connectivity index (χ3n) is 3.71. The van der Waals surface area contributed by atoms with Gasteiger partial charge in [-0.1, -0.05) is 35.9 Å². The standard InChI is InChI=1S/C20H19NOS/c1-13-4-6-16(7-5-13)18-8-9-23-19(18)20(22)21-17-11-14(2)10-15(3)12-17/h4-12H,1-3H3,(H,21,22). The molecular weight excluding hydrogens is 302 g/mol. The molecule has 0 spiro atoms. The molecule has 0 fully saturated rings. The van der Waals surface area contributed by atoms with E-state index in [1.54, 1.807) is 0 Å². The number of hydrogen-bond donors (Lipinski definition) is 1. The SMILES string of the molecule is Cc1ccc(-c2ccsc2C(=O)Nc2cc(C)cc(C)c2)cc1. The summed E-state index contributed by atoms with van der Waals surface area (Å²) in [5, 5.41) is 4.98. The maximum Gasteiger partial charge on any atom is 0.266 e. The summed E-state index contributed by atoms with van der Waals surface area (Å²) in [6.45, 7) is 6.13. The third kappa shape index (κ3) is 3.51. The Kier molecular flexibility index (Phi) is 4.30. The molecule has 1 aromatic heterocycles. The Morgan fingerprint density at radius 3 is 2.17 bits per heavy atom. The van der Waals surface area contributed by atoms with Crippen molar-refractivity contribution in [3.05, 3.63) is 75.5 Å². The van der Waals surface area contributed by atoms with E-state index in [1.807, 2.05) is 37.4 Å². The fraction of sp³-hybridized carbons (Fsp3) is 0.150. The van der Waals surface area contributed by atoms with Crippen LogP contribution in [0.15, 0.2) is 53.9 Å². The quantitative estimate of drug-likeness (QED) is 0.669. The van der Waals surface area contributed by atoms with E-state index in [0.29, 0.717) is 0 Å². The van der Waals surface area contributed by atoms with E-state index in [9.17, 15) is 4.79 Å². The molecule has 23 heavy (non-hydrogen) atoms. The van der Waals surface area contributed by atoms with E-state index < -0.39 is 0 Å². The molecule has 0 radical (unpaired) electrons. The van der Waals surface area contributed by atoms with E-state index in [1.165, 1.54) is 16.9 Å². The second kappa shape index (κ2) is 6.39. The lowest BCUT2D eigenvalue weighted by molar-refractivity contribution is 0.103. The van der Waals surface area contributed by atoms with Crippen molar-refractivity contribution < 1.29 is 4.79 Å². The smallest absolute Gasteiger partial charge is 0.266 e. The number of aryl methyl sites for hydroxylation is 3. The van der Waals surface area contributed by atoms with Crippen LogP contribution in [0.5, 0.6) is 0 Å². The molecule has 0 unspecified atom stereocenters. The van der Waals surface area contributed by atoms with Crippen molar-refractivity contribution in [1.29, 1.82) is 0 Å². The van der Waals surface area contributed by atoms with Crippen LogP contribution in [0, 0.1) is 20.8 Å². The molecule has 1 amide bonds. The summed E-state index contributed by atoms with van der Waals surface area (Å²) < 4.78 is 0. The lowest BCUT2D eigenvalue weighted by Gasteiger charge is -2.08. The van der Waals surface area contributed by atoms with E-state index in [2.05, 4.69) is 42.6 Å². The second-order valence-corrected chi connectivity index (χ2v) is 6.78. The van der Waals surface area contributed by atoms with Crippen LogP contribution in [0.25, 0.3) is 11.1 Å². The van der Waals surface area contributed by atoms with E-state index in [-0.39, 0.29) is 5.91 Å². The van der Waals surface area contributed by atoms with Gasteiger partial charge in [-0.3, -0.25) is 4.79 Å². The van der Waals surface area contributed by atoms with Crippen LogP contribution >= 0.6 is 11.3 Å². The zero-order chi connectivity index (χ0) is 16.4. The number of nitrogens with one attached hydrogen (secondary N) is 1. The zero-order valence-corrected chi connectivity index (χ0v) is 14.3. The van der Waals surface area contributed by atoms with Crippen molar-refractivity contribution in [3.63, 3.8) is 0 Å². The van der Waals surface area contributed by atoms with Crippen molar-refractivity contribution in [1.82, 2.24) is 0 Å². The Balaban J connectivity index is 1.89. The van der Waals surface area contributed by atoms with Crippen molar-refractivity contribution in [2.75, 3.05) is 5.32 Å². The molecule has 0 saturated heterocycles. The van der Waals surface area contributed by atoms with Gasteiger partial charge in [0.25, 0.3) is 5.91 Å². The van der Waals surface area contributed by atoms with Gasteiger partial charge in [0.15, 0.2) is 0 Å². The lowest BCUT2D eigenvalue weighted by Crippen LogP contribution is -2.11. The van der Waals surface area contributed by atoms with Crippen LogP contribution in [0.3, 0.4) is 0 Å².